The smallest absolute Gasteiger partial charge is 0.251 e. The van der Waals surface area contributed by atoms with Crippen molar-refractivity contribution in [1.29, 1.82) is 5.26 Å². The van der Waals surface area contributed by atoms with Crippen LogP contribution < -0.4 is 21.4 Å². The first-order chi connectivity index (χ1) is 12.9. The quantitative estimate of drug-likeness (QED) is 0.497. The Hall–Kier alpha value is -2.47. The third-order valence-corrected chi connectivity index (χ3v) is 5.89. The predicted octanol–water partition coefficient (Wildman–Crippen LogP) is -0.356. The van der Waals surface area contributed by atoms with Crippen LogP contribution in [0.25, 0.3) is 0 Å². The van der Waals surface area contributed by atoms with Crippen molar-refractivity contribution in [2.24, 2.45) is 5.92 Å². The van der Waals surface area contributed by atoms with Crippen LogP contribution in [0.3, 0.4) is 0 Å². The number of hydrogen-bond acceptors (Lipinski definition) is 5. The zero-order chi connectivity index (χ0) is 19.6. The molecule has 0 aromatic heterocycles. The fourth-order valence-corrected chi connectivity index (χ4v) is 4.35. The molecule has 0 saturated carbocycles. The van der Waals surface area contributed by atoms with Gasteiger partial charge in [0.05, 0.1) is 23.9 Å². The summed E-state index contributed by atoms with van der Waals surface area (Å²) in [5, 5.41) is 18.1. The van der Waals surface area contributed by atoms with E-state index in [-0.39, 0.29) is 42.8 Å². The summed E-state index contributed by atoms with van der Waals surface area (Å²) in [4.78, 5) is 37.4. The SMILES string of the molecule is CC1=C(CC(=O)NCC2CCC(C#N)N[N+]2=O)C(=O)NC2CCNC(C)C12. The number of nitrogens with one attached hydrogen (secondary N) is 4. The highest BCUT2D eigenvalue weighted by atomic mass is 16.3. The van der Waals surface area contributed by atoms with Crippen LogP contribution in [0.15, 0.2) is 11.1 Å². The molecule has 0 aromatic carbocycles. The molecule has 9 nitrogen and oxygen atoms in total. The molecule has 0 aliphatic carbocycles. The number of amides is 2. The van der Waals surface area contributed by atoms with Gasteiger partial charge in [-0.2, -0.15) is 5.26 Å². The molecule has 5 atom stereocenters. The third-order valence-electron chi connectivity index (χ3n) is 5.89. The van der Waals surface area contributed by atoms with Crippen molar-refractivity contribution in [2.45, 2.75) is 63.7 Å². The van der Waals surface area contributed by atoms with E-state index in [1.54, 1.807) is 0 Å². The van der Waals surface area contributed by atoms with Crippen LogP contribution in [-0.2, 0) is 9.59 Å². The van der Waals surface area contributed by atoms with E-state index in [0.29, 0.717) is 23.3 Å². The van der Waals surface area contributed by atoms with E-state index in [1.165, 1.54) is 0 Å². The zero-order valence-electron chi connectivity index (χ0n) is 15.7. The van der Waals surface area contributed by atoms with E-state index >= 15 is 0 Å². The highest BCUT2D eigenvalue weighted by Gasteiger charge is 2.39. The Labute approximate surface area is 158 Å². The average molecular weight is 375 g/mol. The van der Waals surface area contributed by atoms with E-state index in [4.69, 9.17) is 5.26 Å². The minimum atomic E-state index is -0.479. The van der Waals surface area contributed by atoms with Gasteiger partial charge in [-0.15, -0.1) is 5.43 Å². The lowest BCUT2D eigenvalue weighted by atomic mass is 9.76. The molecule has 0 spiro atoms. The Morgan fingerprint density at radius 1 is 1.37 bits per heavy atom. The van der Waals surface area contributed by atoms with Gasteiger partial charge in [-0.1, -0.05) is 5.57 Å². The molecular weight excluding hydrogens is 348 g/mol. The van der Waals surface area contributed by atoms with Crippen LogP contribution in [0.4, 0.5) is 0 Å². The maximum Gasteiger partial charge on any atom is 0.251 e. The van der Waals surface area contributed by atoms with Crippen LogP contribution >= 0.6 is 0 Å². The maximum atomic E-state index is 12.5. The van der Waals surface area contributed by atoms with Crippen LogP contribution in [0.2, 0.25) is 0 Å². The Bertz CT molecular complexity index is 712. The fourth-order valence-electron chi connectivity index (χ4n) is 4.35. The van der Waals surface area contributed by atoms with E-state index in [1.807, 2.05) is 13.0 Å². The van der Waals surface area contributed by atoms with Gasteiger partial charge in [-0.05, 0) is 33.2 Å². The molecular formula is C18H27N6O3+. The Balaban J connectivity index is 1.58. The molecule has 146 valence electrons. The minimum Gasteiger partial charge on any atom is -0.349 e. The summed E-state index contributed by atoms with van der Waals surface area (Å²) in [6, 6.07) is 1.49. The first kappa shape index (κ1) is 19.3. The first-order valence-electron chi connectivity index (χ1n) is 9.53. The number of nitroso groups, excluding NO2 is 1. The summed E-state index contributed by atoms with van der Waals surface area (Å²) in [5.41, 5.74) is 4.05. The van der Waals surface area contributed by atoms with Gasteiger partial charge in [0.15, 0.2) is 6.04 Å². The van der Waals surface area contributed by atoms with E-state index in [2.05, 4.69) is 28.3 Å². The Morgan fingerprint density at radius 3 is 2.85 bits per heavy atom. The van der Waals surface area contributed by atoms with Crippen molar-refractivity contribution in [3.8, 4) is 6.07 Å². The minimum absolute atomic E-state index is 0.00737. The van der Waals surface area contributed by atoms with Crippen molar-refractivity contribution in [2.75, 3.05) is 13.1 Å². The molecule has 0 radical (unpaired) electrons. The van der Waals surface area contributed by atoms with E-state index in [0.717, 1.165) is 18.5 Å². The largest absolute Gasteiger partial charge is 0.349 e. The molecule has 27 heavy (non-hydrogen) atoms. The van der Waals surface area contributed by atoms with Crippen molar-refractivity contribution in [1.82, 2.24) is 21.4 Å². The van der Waals surface area contributed by atoms with Crippen LogP contribution in [-0.4, -0.2) is 53.9 Å². The summed E-state index contributed by atoms with van der Waals surface area (Å²) in [5.74, 6) is -0.244. The Morgan fingerprint density at radius 2 is 2.15 bits per heavy atom. The van der Waals surface area contributed by atoms with Gasteiger partial charge in [0.2, 0.25) is 11.8 Å². The highest BCUT2D eigenvalue weighted by Crippen LogP contribution is 2.31. The maximum absolute atomic E-state index is 12.5. The molecule has 0 aromatic rings. The highest BCUT2D eigenvalue weighted by molar-refractivity contribution is 6.00. The number of nitriles is 1. The molecule has 3 heterocycles. The predicted molar refractivity (Wildman–Crippen MR) is 97.0 cm³/mol. The lowest BCUT2D eigenvalue weighted by Crippen LogP contribution is -2.57. The number of carbonyl (C=O) groups excluding carboxylic acids is 2. The molecule has 0 bridgehead atoms. The van der Waals surface area contributed by atoms with Gasteiger partial charge in [0, 0.05) is 30.0 Å². The number of fused-ring (bicyclic) bond motifs is 1. The summed E-state index contributed by atoms with van der Waals surface area (Å²) < 4.78 is 0. The second-order valence-electron chi connectivity index (χ2n) is 7.65. The van der Waals surface area contributed by atoms with E-state index in [9.17, 15) is 14.5 Å². The topological polar surface area (TPSA) is 126 Å². The van der Waals surface area contributed by atoms with Gasteiger partial charge < -0.3 is 16.0 Å². The van der Waals surface area contributed by atoms with Gasteiger partial charge in [0.25, 0.3) is 6.04 Å². The molecule has 9 heteroatoms. The summed E-state index contributed by atoms with van der Waals surface area (Å²) in [7, 11) is 0. The van der Waals surface area contributed by atoms with Crippen molar-refractivity contribution in [3.63, 3.8) is 0 Å². The number of carbonyl (C=O) groups is 2. The second kappa shape index (κ2) is 8.05. The summed E-state index contributed by atoms with van der Waals surface area (Å²) in [6.07, 6.45) is 1.99. The fraction of sp³-hybridized carbons (Fsp3) is 0.722. The Kier molecular flexibility index (Phi) is 5.75. The van der Waals surface area contributed by atoms with Crippen molar-refractivity contribution >= 4 is 11.8 Å². The third kappa shape index (κ3) is 4.11. The number of nitrogens with zero attached hydrogens (tertiary/aromatic N) is 2. The number of piperidine rings is 1. The molecule has 2 amide bonds. The first-order valence-corrected chi connectivity index (χ1v) is 9.53. The van der Waals surface area contributed by atoms with E-state index < -0.39 is 12.1 Å². The molecule has 5 unspecified atom stereocenters. The molecule has 4 N–H and O–H groups in total. The lowest BCUT2D eigenvalue weighted by molar-refractivity contribution is -0.652. The standard InChI is InChI=1S/C18H26N6O3/c1-10-14(18(26)22-15-5-6-20-11(2)17(10)15)7-16(25)21-9-13-4-3-12(8-19)23-24(13)27/h11-13,15,17,20H,3-7,9H2,1-2H3,(H2-,21,22,23,25,26,27)/p+1. The van der Waals surface area contributed by atoms with Gasteiger partial charge in [-0.25, -0.2) is 0 Å². The molecule has 2 saturated heterocycles. The van der Waals surface area contributed by atoms with Crippen molar-refractivity contribution < 1.29 is 14.5 Å². The molecule has 3 rings (SSSR count). The van der Waals surface area contributed by atoms with Gasteiger partial charge in [-0.3, -0.25) is 9.59 Å². The average Bonchev–Trinajstić information content (AvgIpc) is 2.63. The number of hydrazine groups is 1. The number of rotatable bonds is 4. The summed E-state index contributed by atoms with van der Waals surface area (Å²) in [6.45, 7) is 5.10. The van der Waals surface area contributed by atoms with Crippen LogP contribution in [0.1, 0.15) is 39.5 Å². The summed E-state index contributed by atoms with van der Waals surface area (Å²) >= 11 is 0. The molecule has 2 fully saturated rings. The number of hydrogen-bond donors (Lipinski definition) is 4. The normalized spacial score (nSPS) is 33.4. The molecule has 3 aliphatic heterocycles. The van der Waals surface area contributed by atoms with Gasteiger partial charge in [0.1, 0.15) is 4.87 Å². The zero-order valence-corrected chi connectivity index (χ0v) is 15.7. The van der Waals surface area contributed by atoms with Crippen LogP contribution in [0, 0.1) is 22.2 Å². The van der Waals surface area contributed by atoms with Crippen LogP contribution in [0.5, 0.6) is 0 Å². The lowest BCUT2D eigenvalue weighted by Gasteiger charge is -2.42. The van der Waals surface area contributed by atoms with Crippen molar-refractivity contribution in [3.05, 3.63) is 16.1 Å². The monoisotopic (exact) mass is 375 g/mol. The molecule has 3 aliphatic rings. The second-order valence-corrected chi connectivity index (χ2v) is 7.65. The van der Waals surface area contributed by atoms with Gasteiger partial charge >= 0.3 is 0 Å².